The van der Waals surface area contributed by atoms with Gasteiger partial charge in [0.1, 0.15) is 0 Å². The van der Waals surface area contributed by atoms with Crippen LogP contribution in [0.5, 0.6) is 0 Å². The van der Waals surface area contributed by atoms with Gasteiger partial charge in [-0.15, -0.1) is 0 Å². The van der Waals surface area contributed by atoms with E-state index in [4.69, 9.17) is 4.74 Å². The van der Waals surface area contributed by atoms with E-state index in [-0.39, 0.29) is 11.9 Å². The van der Waals surface area contributed by atoms with Crippen molar-refractivity contribution in [2.75, 3.05) is 7.11 Å². The van der Waals surface area contributed by atoms with Gasteiger partial charge in [0.05, 0.1) is 13.0 Å². The summed E-state index contributed by atoms with van der Waals surface area (Å²) in [5, 5.41) is 0. The maximum Gasteiger partial charge on any atom is 0.309 e. The van der Waals surface area contributed by atoms with Crippen molar-refractivity contribution >= 4 is 5.97 Å². The molecule has 3 aliphatic carbocycles. The van der Waals surface area contributed by atoms with Gasteiger partial charge in [-0.25, -0.2) is 0 Å². The Morgan fingerprint density at radius 3 is 2.67 bits per heavy atom. The number of fused-ring (bicyclic) bond motifs is 2. The van der Waals surface area contributed by atoms with Crippen LogP contribution in [-0.2, 0) is 9.53 Å². The van der Waals surface area contributed by atoms with Crippen LogP contribution in [0.1, 0.15) is 19.3 Å². The van der Waals surface area contributed by atoms with E-state index >= 15 is 0 Å². The van der Waals surface area contributed by atoms with E-state index < -0.39 is 0 Å². The summed E-state index contributed by atoms with van der Waals surface area (Å²) in [6, 6.07) is 0. The van der Waals surface area contributed by atoms with Gasteiger partial charge in [-0.3, -0.25) is 4.79 Å². The molecule has 1 fully saturated rings. The summed E-state index contributed by atoms with van der Waals surface area (Å²) in [5.74, 6) is 1.23. The van der Waals surface area contributed by atoms with Crippen LogP contribution >= 0.6 is 0 Å². The van der Waals surface area contributed by atoms with Crippen molar-refractivity contribution in [1.82, 2.24) is 0 Å². The average Bonchev–Trinajstić information content (AvgIpc) is 2.18. The standard InChI is InChI=1S/C10H14O2/c1-12-10(11)9-6-7-2-4-8(9)5-3-7/h2,4,7-9H,3,5-6H2,1H3/t7-,8?,9?/m0/s1. The van der Waals surface area contributed by atoms with E-state index in [2.05, 4.69) is 12.2 Å². The molecule has 0 aromatic carbocycles. The topological polar surface area (TPSA) is 26.3 Å². The Morgan fingerprint density at radius 2 is 2.25 bits per heavy atom. The highest BCUT2D eigenvalue weighted by Crippen LogP contribution is 2.40. The van der Waals surface area contributed by atoms with Gasteiger partial charge < -0.3 is 4.74 Å². The molecule has 12 heavy (non-hydrogen) atoms. The highest BCUT2D eigenvalue weighted by Gasteiger charge is 2.36. The number of hydrogen-bond donors (Lipinski definition) is 0. The van der Waals surface area contributed by atoms with Gasteiger partial charge in [-0.2, -0.15) is 0 Å². The molecule has 3 atom stereocenters. The van der Waals surface area contributed by atoms with E-state index in [9.17, 15) is 4.79 Å². The molecule has 2 unspecified atom stereocenters. The van der Waals surface area contributed by atoms with Crippen molar-refractivity contribution < 1.29 is 9.53 Å². The molecule has 0 saturated heterocycles. The van der Waals surface area contributed by atoms with Gasteiger partial charge in [-0.05, 0) is 31.1 Å². The molecule has 3 rings (SSSR count). The molecule has 2 heteroatoms. The van der Waals surface area contributed by atoms with Crippen LogP contribution in [0.25, 0.3) is 0 Å². The Labute approximate surface area is 72.6 Å². The summed E-state index contributed by atoms with van der Waals surface area (Å²) in [5.41, 5.74) is 0. The first-order valence-electron chi connectivity index (χ1n) is 4.57. The number of methoxy groups -OCH3 is 1. The third-order valence-electron chi connectivity index (χ3n) is 3.08. The second-order valence-corrected chi connectivity index (χ2v) is 3.75. The van der Waals surface area contributed by atoms with Crippen LogP contribution < -0.4 is 0 Å². The second kappa shape index (κ2) is 2.92. The third-order valence-corrected chi connectivity index (χ3v) is 3.08. The molecule has 1 saturated carbocycles. The average molecular weight is 166 g/mol. The Hall–Kier alpha value is -0.790. The van der Waals surface area contributed by atoms with Crippen molar-refractivity contribution in [3.63, 3.8) is 0 Å². The van der Waals surface area contributed by atoms with Gasteiger partial charge in [0.2, 0.25) is 0 Å². The van der Waals surface area contributed by atoms with E-state index in [1.54, 1.807) is 0 Å². The fourth-order valence-electron chi connectivity index (χ4n) is 2.35. The molecule has 0 aromatic rings. The van der Waals surface area contributed by atoms with Crippen molar-refractivity contribution in [2.45, 2.75) is 19.3 Å². The van der Waals surface area contributed by atoms with Crippen LogP contribution in [0.2, 0.25) is 0 Å². The highest BCUT2D eigenvalue weighted by molar-refractivity contribution is 5.73. The Kier molecular flexibility index (Phi) is 1.91. The van der Waals surface area contributed by atoms with E-state index in [0.29, 0.717) is 11.8 Å². The maximum absolute atomic E-state index is 11.3. The monoisotopic (exact) mass is 166 g/mol. The minimum Gasteiger partial charge on any atom is -0.469 e. The van der Waals surface area contributed by atoms with Crippen LogP contribution in [0.15, 0.2) is 12.2 Å². The first-order valence-corrected chi connectivity index (χ1v) is 4.57. The predicted molar refractivity (Wildman–Crippen MR) is 45.5 cm³/mol. The predicted octanol–water partition coefficient (Wildman–Crippen LogP) is 1.76. The van der Waals surface area contributed by atoms with Crippen molar-refractivity contribution in [1.29, 1.82) is 0 Å². The van der Waals surface area contributed by atoms with Gasteiger partial charge in [-0.1, -0.05) is 12.2 Å². The largest absolute Gasteiger partial charge is 0.469 e. The minimum atomic E-state index is -0.0194. The van der Waals surface area contributed by atoms with Gasteiger partial charge in [0.25, 0.3) is 0 Å². The van der Waals surface area contributed by atoms with Crippen molar-refractivity contribution in [2.24, 2.45) is 17.8 Å². The summed E-state index contributed by atoms with van der Waals surface area (Å²) in [6.45, 7) is 0. The lowest BCUT2D eigenvalue weighted by atomic mass is 9.69. The molecule has 0 aliphatic heterocycles. The fourth-order valence-corrected chi connectivity index (χ4v) is 2.35. The summed E-state index contributed by atoms with van der Waals surface area (Å²) in [4.78, 5) is 11.3. The summed E-state index contributed by atoms with van der Waals surface area (Å²) in [7, 11) is 1.48. The Bertz CT molecular complexity index is 220. The van der Waals surface area contributed by atoms with E-state index in [0.717, 1.165) is 6.42 Å². The molecule has 3 aliphatic rings. The number of carbonyl (C=O) groups excluding carboxylic acids is 1. The van der Waals surface area contributed by atoms with Gasteiger partial charge in [0, 0.05) is 0 Å². The number of rotatable bonds is 1. The lowest BCUT2D eigenvalue weighted by Gasteiger charge is -2.36. The molecular weight excluding hydrogens is 152 g/mol. The van der Waals surface area contributed by atoms with Gasteiger partial charge in [0.15, 0.2) is 0 Å². The number of carbonyl (C=O) groups is 1. The summed E-state index contributed by atoms with van der Waals surface area (Å²) in [6.07, 6.45) is 7.89. The lowest BCUT2D eigenvalue weighted by Crippen LogP contribution is -2.33. The number of esters is 1. The Balaban J connectivity index is 2.11. The molecular formula is C10H14O2. The van der Waals surface area contributed by atoms with Crippen LogP contribution in [0.3, 0.4) is 0 Å². The van der Waals surface area contributed by atoms with Gasteiger partial charge >= 0.3 is 5.97 Å². The van der Waals surface area contributed by atoms with E-state index in [1.807, 2.05) is 0 Å². The molecule has 2 nitrogen and oxygen atoms in total. The van der Waals surface area contributed by atoms with Crippen LogP contribution in [0, 0.1) is 17.8 Å². The van der Waals surface area contributed by atoms with Crippen LogP contribution in [0.4, 0.5) is 0 Å². The smallest absolute Gasteiger partial charge is 0.309 e. The number of hydrogen-bond acceptors (Lipinski definition) is 2. The number of allylic oxidation sites excluding steroid dienone is 2. The highest BCUT2D eigenvalue weighted by atomic mass is 16.5. The zero-order valence-corrected chi connectivity index (χ0v) is 7.32. The number of ether oxygens (including phenoxy) is 1. The summed E-state index contributed by atoms with van der Waals surface area (Å²) < 4.78 is 4.77. The normalized spacial score (nSPS) is 38.2. The van der Waals surface area contributed by atoms with Crippen LogP contribution in [-0.4, -0.2) is 13.1 Å². The molecule has 0 N–H and O–H groups in total. The first kappa shape index (κ1) is 7.84. The molecule has 2 bridgehead atoms. The summed E-state index contributed by atoms with van der Waals surface area (Å²) >= 11 is 0. The fraction of sp³-hybridized carbons (Fsp3) is 0.700. The third kappa shape index (κ3) is 1.15. The SMILES string of the molecule is COC(=O)C1C[C@H]2C=CC1CC2. The van der Waals surface area contributed by atoms with Crippen molar-refractivity contribution in [3.05, 3.63) is 12.2 Å². The lowest BCUT2D eigenvalue weighted by molar-refractivity contribution is -0.148. The zero-order chi connectivity index (χ0) is 8.55. The maximum atomic E-state index is 11.3. The first-order chi connectivity index (χ1) is 5.81. The molecule has 66 valence electrons. The van der Waals surface area contributed by atoms with Crippen molar-refractivity contribution in [3.8, 4) is 0 Å². The van der Waals surface area contributed by atoms with E-state index in [1.165, 1.54) is 20.0 Å². The Morgan fingerprint density at radius 1 is 1.42 bits per heavy atom. The molecule has 0 heterocycles. The molecule has 0 spiro atoms. The minimum absolute atomic E-state index is 0.0194. The molecule has 0 radical (unpaired) electrons. The second-order valence-electron chi connectivity index (χ2n) is 3.75. The zero-order valence-electron chi connectivity index (χ0n) is 7.32. The molecule has 0 aromatic heterocycles. The molecule has 0 amide bonds. The quantitative estimate of drug-likeness (QED) is 0.438.